The lowest BCUT2D eigenvalue weighted by Crippen LogP contribution is -2.60. The molecule has 1 amide bonds. The van der Waals surface area contributed by atoms with Gasteiger partial charge in [0.05, 0.1) is 25.4 Å². The number of amides is 1. The summed E-state index contributed by atoms with van der Waals surface area (Å²) in [6.45, 7) is 3.43. The second kappa shape index (κ2) is 44.3. The van der Waals surface area contributed by atoms with Gasteiger partial charge in [0.2, 0.25) is 5.91 Å². The largest absolute Gasteiger partial charge is 0.394 e. The zero-order valence-corrected chi connectivity index (χ0v) is 41.9. The summed E-state index contributed by atoms with van der Waals surface area (Å²) in [6.07, 6.45) is 43.0. The summed E-state index contributed by atoms with van der Waals surface area (Å²) < 4.78 is 11.1. The Morgan fingerprint density at radius 1 is 0.515 bits per heavy atom. The van der Waals surface area contributed by atoms with Crippen LogP contribution in [0.3, 0.4) is 0 Å². The molecule has 0 saturated carbocycles. The number of allylic oxidation sites excluding steroid dienone is 8. The Morgan fingerprint density at radius 2 is 0.909 bits per heavy atom. The van der Waals surface area contributed by atoms with Crippen LogP contribution in [0.1, 0.15) is 226 Å². The van der Waals surface area contributed by atoms with Gasteiger partial charge in [-0.3, -0.25) is 4.79 Å². The third-order valence-electron chi connectivity index (χ3n) is 12.8. The summed E-state index contributed by atoms with van der Waals surface area (Å²) in [5.74, 6) is -0.718. The van der Waals surface area contributed by atoms with Crippen molar-refractivity contribution in [2.24, 2.45) is 0 Å². The smallest absolute Gasteiger partial charge is 0.249 e. The van der Waals surface area contributed by atoms with Crippen LogP contribution in [0.15, 0.2) is 48.6 Å². The van der Waals surface area contributed by atoms with E-state index in [4.69, 9.17) is 9.47 Å². The monoisotopic (exact) mass is 936 g/mol. The number of hydrogen-bond acceptors (Lipinski definition) is 10. The van der Waals surface area contributed by atoms with Gasteiger partial charge in [0.15, 0.2) is 6.29 Å². The molecule has 1 fully saturated rings. The maximum atomic E-state index is 13.1. The van der Waals surface area contributed by atoms with Crippen LogP contribution in [0.25, 0.3) is 0 Å². The van der Waals surface area contributed by atoms with Crippen LogP contribution < -0.4 is 5.32 Å². The topological polar surface area (TPSA) is 189 Å². The van der Waals surface area contributed by atoms with E-state index in [1.165, 1.54) is 116 Å². The van der Waals surface area contributed by atoms with Crippen molar-refractivity contribution in [1.29, 1.82) is 0 Å². The van der Waals surface area contributed by atoms with Gasteiger partial charge in [-0.1, -0.05) is 184 Å². The van der Waals surface area contributed by atoms with Crippen molar-refractivity contribution in [2.45, 2.75) is 281 Å². The van der Waals surface area contributed by atoms with Gasteiger partial charge in [0.1, 0.15) is 36.6 Å². The standard InChI is InChI=1S/C55H101NO10/c1-3-5-7-9-11-13-15-17-19-21-23-25-26-28-30-32-34-36-38-40-42-47(58)50(60)46(45-65-55-53(63)52(62)51(61)49(44-57)66-55)56-54(64)48(59)43-41-39-37-35-33-31-29-27-24-22-20-18-16-14-12-10-8-6-4-2/h19,21,24,26-28,34,36,46-53,55,57-63H,3-18,20,22-23,25,29-33,35,37-45H2,1-2H3,(H,56,64)/b21-19+,27-24-,28-26+,36-34+. The first-order chi connectivity index (χ1) is 32.2. The van der Waals surface area contributed by atoms with Gasteiger partial charge in [0, 0.05) is 0 Å². The van der Waals surface area contributed by atoms with E-state index in [2.05, 4.69) is 67.8 Å². The minimum Gasteiger partial charge on any atom is -0.394 e. The van der Waals surface area contributed by atoms with Crippen LogP contribution in [-0.4, -0.2) is 110 Å². The third-order valence-corrected chi connectivity index (χ3v) is 12.8. The quantitative estimate of drug-likeness (QED) is 0.0216. The molecule has 0 radical (unpaired) electrons. The molecule has 9 unspecified atom stereocenters. The highest BCUT2D eigenvalue weighted by Gasteiger charge is 2.44. The summed E-state index contributed by atoms with van der Waals surface area (Å²) in [5, 5.41) is 75.9. The van der Waals surface area contributed by atoms with Crippen LogP contribution in [0, 0.1) is 0 Å². The molecule has 0 aromatic carbocycles. The lowest BCUT2D eigenvalue weighted by Gasteiger charge is -2.40. The van der Waals surface area contributed by atoms with Gasteiger partial charge in [0.25, 0.3) is 0 Å². The Balaban J connectivity index is 2.42. The Kier molecular flexibility index (Phi) is 41.7. The Labute approximate surface area is 402 Å². The molecule has 66 heavy (non-hydrogen) atoms. The Morgan fingerprint density at radius 3 is 1.35 bits per heavy atom. The van der Waals surface area contributed by atoms with Crippen LogP contribution in [-0.2, 0) is 14.3 Å². The average Bonchev–Trinajstić information content (AvgIpc) is 3.32. The molecule has 0 aromatic heterocycles. The molecule has 386 valence electrons. The summed E-state index contributed by atoms with van der Waals surface area (Å²) in [7, 11) is 0. The predicted octanol–water partition coefficient (Wildman–Crippen LogP) is 10.5. The van der Waals surface area contributed by atoms with E-state index in [1.54, 1.807) is 0 Å². The van der Waals surface area contributed by atoms with Crippen LogP contribution in [0.5, 0.6) is 0 Å². The van der Waals surface area contributed by atoms with Crippen LogP contribution >= 0.6 is 0 Å². The first-order valence-corrected chi connectivity index (χ1v) is 27.0. The number of aliphatic hydroxyl groups excluding tert-OH is 7. The number of carbonyl (C=O) groups excluding carboxylic acids is 1. The van der Waals surface area contributed by atoms with Crippen molar-refractivity contribution in [2.75, 3.05) is 13.2 Å². The average molecular weight is 936 g/mol. The maximum absolute atomic E-state index is 13.1. The summed E-state index contributed by atoms with van der Waals surface area (Å²) in [4.78, 5) is 13.1. The Bertz CT molecular complexity index is 1210. The Hall–Kier alpha value is -1.93. The first kappa shape index (κ1) is 62.1. The van der Waals surface area contributed by atoms with E-state index in [9.17, 15) is 40.5 Å². The highest BCUT2D eigenvalue weighted by atomic mass is 16.7. The fraction of sp³-hybridized carbons (Fsp3) is 0.836. The van der Waals surface area contributed by atoms with Gasteiger partial charge >= 0.3 is 0 Å². The van der Waals surface area contributed by atoms with Crippen LogP contribution in [0.2, 0.25) is 0 Å². The minimum atomic E-state index is -1.67. The van der Waals surface area contributed by atoms with E-state index < -0.39 is 74.2 Å². The van der Waals surface area contributed by atoms with Crippen molar-refractivity contribution in [3.63, 3.8) is 0 Å². The van der Waals surface area contributed by atoms with Gasteiger partial charge < -0.3 is 50.5 Å². The molecule has 0 bridgehead atoms. The summed E-state index contributed by atoms with van der Waals surface area (Å²) in [6, 6.07) is -1.20. The van der Waals surface area contributed by atoms with Crippen molar-refractivity contribution < 1.29 is 50.0 Å². The molecule has 11 heteroatoms. The molecule has 0 aliphatic carbocycles. The number of aliphatic hydroxyl groups is 7. The van der Waals surface area contributed by atoms with Crippen molar-refractivity contribution in [3.8, 4) is 0 Å². The van der Waals surface area contributed by atoms with Gasteiger partial charge in [-0.05, 0) is 89.9 Å². The number of rotatable bonds is 45. The molecule has 1 aliphatic rings. The normalized spacial score (nSPS) is 21.1. The second-order valence-electron chi connectivity index (χ2n) is 18.9. The maximum Gasteiger partial charge on any atom is 0.249 e. The van der Waals surface area contributed by atoms with E-state index in [0.29, 0.717) is 19.3 Å². The van der Waals surface area contributed by atoms with Gasteiger partial charge in [-0.25, -0.2) is 0 Å². The fourth-order valence-electron chi connectivity index (χ4n) is 8.35. The molecule has 1 aliphatic heterocycles. The lowest BCUT2D eigenvalue weighted by atomic mass is 9.98. The van der Waals surface area contributed by atoms with E-state index in [1.807, 2.05) is 0 Å². The molecular weight excluding hydrogens is 835 g/mol. The number of ether oxygens (including phenoxy) is 2. The van der Waals surface area contributed by atoms with Crippen molar-refractivity contribution >= 4 is 5.91 Å². The van der Waals surface area contributed by atoms with Gasteiger partial charge in [-0.15, -0.1) is 0 Å². The van der Waals surface area contributed by atoms with E-state index in [0.717, 1.165) is 64.2 Å². The van der Waals surface area contributed by atoms with E-state index in [-0.39, 0.29) is 12.8 Å². The molecule has 0 spiro atoms. The zero-order valence-electron chi connectivity index (χ0n) is 41.9. The molecule has 8 N–H and O–H groups in total. The molecule has 1 rings (SSSR count). The molecule has 9 atom stereocenters. The molecule has 1 heterocycles. The second-order valence-corrected chi connectivity index (χ2v) is 18.9. The molecule has 11 nitrogen and oxygen atoms in total. The molecule has 0 aromatic rings. The fourth-order valence-corrected chi connectivity index (χ4v) is 8.35. The van der Waals surface area contributed by atoms with Crippen molar-refractivity contribution in [1.82, 2.24) is 5.32 Å². The zero-order chi connectivity index (χ0) is 48.3. The SMILES string of the molecule is CCCCCCCCC/C=C/CC/C=C/CC/C=C/CCCC(O)C(O)C(COC1OC(CO)C(O)C(O)C1O)NC(=O)C(O)CCCCCCCC/C=C\CCCCCCCCCCC. The van der Waals surface area contributed by atoms with Gasteiger partial charge in [-0.2, -0.15) is 0 Å². The summed E-state index contributed by atoms with van der Waals surface area (Å²) >= 11 is 0. The van der Waals surface area contributed by atoms with Crippen molar-refractivity contribution in [3.05, 3.63) is 48.6 Å². The molecule has 1 saturated heterocycles. The van der Waals surface area contributed by atoms with E-state index >= 15 is 0 Å². The highest BCUT2D eigenvalue weighted by Crippen LogP contribution is 2.23. The first-order valence-electron chi connectivity index (χ1n) is 27.0. The lowest BCUT2D eigenvalue weighted by molar-refractivity contribution is -0.303. The molecular formula is C55H101NO10. The number of carbonyl (C=O) groups is 1. The van der Waals surface area contributed by atoms with Crippen LogP contribution in [0.4, 0.5) is 0 Å². The minimum absolute atomic E-state index is 0.239. The summed E-state index contributed by atoms with van der Waals surface area (Å²) in [5.41, 5.74) is 0. The number of unbranched alkanes of at least 4 members (excludes halogenated alkanes) is 25. The number of hydrogen-bond donors (Lipinski definition) is 8. The highest BCUT2D eigenvalue weighted by molar-refractivity contribution is 5.80. The third kappa shape index (κ3) is 32.8. The number of nitrogens with one attached hydrogen (secondary N) is 1. The predicted molar refractivity (Wildman–Crippen MR) is 270 cm³/mol.